The lowest BCUT2D eigenvalue weighted by Gasteiger charge is -2.19. The molecule has 0 aliphatic rings. The van der Waals surface area contributed by atoms with Crippen LogP contribution in [0, 0.1) is 6.07 Å². The van der Waals surface area contributed by atoms with E-state index in [1.165, 1.54) is 24.5 Å². The summed E-state index contributed by atoms with van der Waals surface area (Å²) in [6, 6.07) is 3.72. The molecule has 1 aromatic carbocycles. The number of thioether (sulfide) groups is 5. The largest absolute Gasteiger partial charge is 0.125 e. The molecule has 0 heterocycles. The smallest absolute Gasteiger partial charge is 0.0367 e. The first-order chi connectivity index (χ1) is 10.2. The van der Waals surface area contributed by atoms with Gasteiger partial charge in [-0.25, -0.2) is 0 Å². The lowest BCUT2D eigenvalue weighted by Crippen LogP contribution is -1.94. The van der Waals surface area contributed by atoms with E-state index in [4.69, 9.17) is 0 Å². The van der Waals surface area contributed by atoms with Crippen molar-refractivity contribution in [3.05, 3.63) is 6.07 Å². The van der Waals surface area contributed by atoms with Gasteiger partial charge in [-0.3, -0.25) is 0 Å². The first-order valence-electron chi connectivity index (χ1n) is 7.50. The van der Waals surface area contributed by atoms with Gasteiger partial charge in [0.25, 0.3) is 0 Å². The standard InChI is InChI=1S/C16H25S5/c1-6-17-12-11-13(18-7-2)15(20-9-4)16(21-10-5)14(12)19-8-3/h6-10H2,1-5H3. The van der Waals surface area contributed by atoms with E-state index in [9.17, 15) is 0 Å². The molecule has 1 rings (SSSR count). The molecule has 0 saturated heterocycles. The average Bonchev–Trinajstić information content (AvgIpc) is 2.47. The van der Waals surface area contributed by atoms with E-state index in [0.29, 0.717) is 0 Å². The van der Waals surface area contributed by atoms with Gasteiger partial charge in [0.2, 0.25) is 0 Å². The molecule has 0 amide bonds. The Morgan fingerprint density at radius 2 is 0.857 bits per heavy atom. The van der Waals surface area contributed by atoms with Crippen molar-refractivity contribution in [3.8, 4) is 0 Å². The molecule has 0 fully saturated rings. The Morgan fingerprint density at radius 1 is 0.524 bits per heavy atom. The second kappa shape index (κ2) is 11.5. The molecule has 0 atom stereocenters. The molecule has 21 heavy (non-hydrogen) atoms. The van der Waals surface area contributed by atoms with Crippen molar-refractivity contribution in [1.82, 2.24) is 0 Å². The molecular weight excluding hydrogens is 353 g/mol. The molecule has 5 heteroatoms. The maximum atomic E-state index is 3.72. The maximum absolute atomic E-state index is 3.72. The topological polar surface area (TPSA) is 0 Å². The molecule has 0 nitrogen and oxygen atoms in total. The van der Waals surface area contributed by atoms with Crippen LogP contribution < -0.4 is 0 Å². The molecule has 0 bridgehead atoms. The average molecular weight is 378 g/mol. The summed E-state index contributed by atoms with van der Waals surface area (Å²) in [6.45, 7) is 11.2. The third-order valence-electron chi connectivity index (χ3n) is 2.50. The van der Waals surface area contributed by atoms with Crippen LogP contribution in [-0.2, 0) is 0 Å². The lowest BCUT2D eigenvalue weighted by atomic mass is 10.3. The zero-order chi connectivity index (χ0) is 15.7. The van der Waals surface area contributed by atoms with E-state index in [2.05, 4.69) is 40.7 Å². The van der Waals surface area contributed by atoms with Crippen molar-refractivity contribution in [2.75, 3.05) is 28.8 Å². The van der Waals surface area contributed by atoms with Crippen molar-refractivity contribution >= 4 is 58.8 Å². The number of benzene rings is 1. The molecule has 119 valence electrons. The highest BCUT2D eigenvalue weighted by atomic mass is 32.2. The quantitative estimate of drug-likeness (QED) is 0.399. The minimum atomic E-state index is 1.11. The van der Waals surface area contributed by atoms with Gasteiger partial charge in [-0.2, -0.15) is 0 Å². The number of hydrogen-bond acceptors (Lipinski definition) is 5. The molecule has 0 aliphatic heterocycles. The SMILES string of the molecule is CCSc1[c]c(SCC)c(SCC)c(SCC)c1SCC. The first-order valence-corrected chi connectivity index (χ1v) is 12.4. The number of rotatable bonds is 10. The van der Waals surface area contributed by atoms with Gasteiger partial charge >= 0.3 is 0 Å². The summed E-state index contributed by atoms with van der Waals surface area (Å²) in [5.74, 6) is 5.60. The van der Waals surface area contributed by atoms with Gasteiger partial charge in [-0.15, -0.1) is 58.8 Å². The van der Waals surface area contributed by atoms with Crippen LogP contribution in [0.3, 0.4) is 0 Å². The van der Waals surface area contributed by atoms with Gasteiger partial charge < -0.3 is 0 Å². The van der Waals surface area contributed by atoms with E-state index in [1.807, 2.05) is 58.8 Å². The van der Waals surface area contributed by atoms with Gasteiger partial charge in [-0.05, 0) is 28.8 Å². The summed E-state index contributed by atoms with van der Waals surface area (Å²) in [5.41, 5.74) is 0. The van der Waals surface area contributed by atoms with Gasteiger partial charge in [0, 0.05) is 30.5 Å². The summed E-state index contributed by atoms with van der Waals surface area (Å²) in [7, 11) is 0. The Hall–Kier alpha value is 0.970. The van der Waals surface area contributed by atoms with Crippen LogP contribution in [0.25, 0.3) is 0 Å². The number of hydrogen-bond donors (Lipinski definition) is 0. The second-order valence-electron chi connectivity index (χ2n) is 3.94. The van der Waals surface area contributed by atoms with Crippen LogP contribution in [0.5, 0.6) is 0 Å². The van der Waals surface area contributed by atoms with E-state index in [0.717, 1.165) is 28.8 Å². The monoisotopic (exact) mass is 377 g/mol. The molecule has 0 spiro atoms. The summed E-state index contributed by atoms with van der Waals surface area (Å²) in [4.78, 5) is 7.15. The van der Waals surface area contributed by atoms with Gasteiger partial charge in [0.05, 0.1) is 0 Å². The van der Waals surface area contributed by atoms with Crippen LogP contribution in [0.1, 0.15) is 34.6 Å². The molecular formula is C16H25S5. The van der Waals surface area contributed by atoms with E-state index >= 15 is 0 Å². The third-order valence-corrected chi connectivity index (χ3v) is 7.74. The Morgan fingerprint density at radius 3 is 1.19 bits per heavy atom. The predicted molar refractivity (Wildman–Crippen MR) is 107 cm³/mol. The molecule has 1 radical (unpaired) electrons. The molecule has 1 aromatic rings. The Bertz CT molecular complexity index is 397. The zero-order valence-electron chi connectivity index (χ0n) is 13.6. The zero-order valence-corrected chi connectivity index (χ0v) is 17.7. The molecule has 0 saturated carbocycles. The van der Waals surface area contributed by atoms with Crippen LogP contribution in [0.15, 0.2) is 24.5 Å². The molecule has 0 N–H and O–H groups in total. The summed E-state index contributed by atoms with van der Waals surface area (Å²) < 4.78 is 0. The highest BCUT2D eigenvalue weighted by molar-refractivity contribution is 8.05. The van der Waals surface area contributed by atoms with Crippen molar-refractivity contribution in [3.63, 3.8) is 0 Å². The van der Waals surface area contributed by atoms with Crippen LogP contribution >= 0.6 is 58.8 Å². The summed E-state index contributed by atoms with van der Waals surface area (Å²) >= 11 is 9.83. The molecule has 0 unspecified atom stereocenters. The highest BCUT2D eigenvalue weighted by Crippen LogP contribution is 2.48. The van der Waals surface area contributed by atoms with Crippen molar-refractivity contribution < 1.29 is 0 Å². The lowest BCUT2D eigenvalue weighted by molar-refractivity contribution is 0.952. The van der Waals surface area contributed by atoms with Gasteiger partial charge in [-0.1, -0.05) is 34.6 Å². The normalized spacial score (nSPS) is 11.1. The maximum Gasteiger partial charge on any atom is 0.0367 e. The fourth-order valence-electron chi connectivity index (χ4n) is 1.84. The van der Waals surface area contributed by atoms with Crippen molar-refractivity contribution in [1.29, 1.82) is 0 Å². The molecule has 0 aromatic heterocycles. The minimum absolute atomic E-state index is 1.11. The Kier molecular flexibility index (Phi) is 11.0. The van der Waals surface area contributed by atoms with Gasteiger partial charge in [0.1, 0.15) is 0 Å². The van der Waals surface area contributed by atoms with E-state index in [1.54, 1.807) is 0 Å². The fraction of sp³-hybridized carbons (Fsp3) is 0.625. The van der Waals surface area contributed by atoms with Crippen molar-refractivity contribution in [2.45, 2.75) is 59.1 Å². The molecule has 0 aliphatic carbocycles. The highest BCUT2D eigenvalue weighted by Gasteiger charge is 2.19. The predicted octanol–water partition coefficient (Wildman–Crippen LogP) is 7.05. The summed E-state index contributed by atoms with van der Waals surface area (Å²) in [5, 5.41) is 0. The van der Waals surface area contributed by atoms with E-state index in [-0.39, 0.29) is 0 Å². The summed E-state index contributed by atoms with van der Waals surface area (Å²) in [6.07, 6.45) is 0. The first kappa shape index (κ1) is 20.0. The van der Waals surface area contributed by atoms with Crippen molar-refractivity contribution in [2.24, 2.45) is 0 Å². The Labute approximate surface area is 152 Å². The third kappa shape index (κ3) is 5.83. The van der Waals surface area contributed by atoms with Crippen LogP contribution in [0.2, 0.25) is 0 Å². The fourth-order valence-corrected chi connectivity index (χ4v) is 7.07. The minimum Gasteiger partial charge on any atom is -0.125 e. The van der Waals surface area contributed by atoms with Crippen LogP contribution in [-0.4, -0.2) is 28.8 Å². The Balaban J connectivity index is 3.44. The van der Waals surface area contributed by atoms with Crippen LogP contribution in [0.4, 0.5) is 0 Å². The van der Waals surface area contributed by atoms with E-state index < -0.39 is 0 Å². The van der Waals surface area contributed by atoms with Gasteiger partial charge in [0.15, 0.2) is 0 Å². The second-order valence-corrected chi connectivity index (χ2v) is 10.3.